The third-order valence-corrected chi connectivity index (χ3v) is 2.04. The highest BCUT2D eigenvalue weighted by Gasteiger charge is 2.03. The van der Waals surface area contributed by atoms with Crippen LogP contribution in [0.25, 0.3) is 11.1 Å². The van der Waals surface area contributed by atoms with Gasteiger partial charge in [0.2, 0.25) is 0 Å². The van der Waals surface area contributed by atoms with Crippen molar-refractivity contribution < 1.29 is 9.50 Å². The Morgan fingerprint density at radius 1 is 0.929 bits per heavy atom. The van der Waals surface area contributed by atoms with Gasteiger partial charge in [0.15, 0.2) is 0 Å². The number of rotatable bonds is 1. The topological polar surface area (TPSA) is 20.2 Å². The Bertz CT molecular complexity index is 437. The third kappa shape index (κ3) is 1.59. The van der Waals surface area contributed by atoms with Gasteiger partial charge in [-0.25, -0.2) is 4.39 Å². The number of hydrogen-bond acceptors (Lipinski definition) is 1. The Balaban J connectivity index is 2.53. The molecule has 0 unspecified atom stereocenters. The van der Waals surface area contributed by atoms with Crippen LogP contribution in [-0.4, -0.2) is 5.11 Å². The number of phenolic OH excluding ortho intramolecular Hbond substituents is 1. The van der Waals surface area contributed by atoms with Crippen LogP contribution in [0, 0.1) is 5.82 Å². The number of phenols is 1. The Kier molecular flexibility index (Phi) is 2.19. The first kappa shape index (κ1) is 8.75. The molecule has 70 valence electrons. The molecule has 0 saturated carbocycles. The van der Waals surface area contributed by atoms with E-state index in [-0.39, 0.29) is 5.75 Å². The first-order valence-electron chi connectivity index (χ1n) is 4.31. The molecule has 0 atom stereocenters. The summed E-state index contributed by atoms with van der Waals surface area (Å²) in [5.74, 6) is -0.460. The minimum atomic E-state index is -0.429. The van der Waals surface area contributed by atoms with Gasteiger partial charge >= 0.3 is 0 Å². The second-order valence-electron chi connectivity index (χ2n) is 3.03. The predicted octanol–water partition coefficient (Wildman–Crippen LogP) is 3.20. The van der Waals surface area contributed by atoms with Crippen LogP contribution in [0.5, 0.6) is 5.75 Å². The lowest BCUT2D eigenvalue weighted by Crippen LogP contribution is -1.80. The van der Waals surface area contributed by atoms with E-state index < -0.39 is 5.82 Å². The van der Waals surface area contributed by atoms with Crippen LogP contribution in [0.15, 0.2) is 48.5 Å². The molecule has 0 spiro atoms. The molecule has 14 heavy (non-hydrogen) atoms. The normalized spacial score (nSPS) is 10.1. The summed E-state index contributed by atoms with van der Waals surface area (Å²) in [4.78, 5) is 0. The standard InChI is InChI=1S/C12H9FO/c13-10-6-7-11(12(14)8-10)9-4-2-1-3-5-9/h1-8,14H. The van der Waals surface area contributed by atoms with Crippen molar-refractivity contribution in [3.05, 3.63) is 54.3 Å². The van der Waals surface area contributed by atoms with Gasteiger partial charge in [0.1, 0.15) is 11.6 Å². The zero-order valence-electron chi connectivity index (χ0n) is 7.44. The van der Waals surface area contributed by atoms with Crippen LogP contribution in [0.3, 0.4) is 0 Å². The lowest BCUT2D eigenvalue weighted by molar-refractivity contribution is 0.471. The fraction of sp³-hybridized carbons (Fsp3) is 0. The summed E-state index contributed by atoms with van der Waals surface area (Å²) < 4.78 is 12.7. The van der Waals surface area contributed by atoms with Crippen molar-refractivity contribution >= 4 is 0 Å². The fourth-order valence-electron chi connectivity index (χ4n) is 1.37. The Labute approximate surface area is 81.4 Å². The minimum Gasteiger partial charge on any atom is -0.507 e. The summed E-state index contributed by atoms with van der Waals surface area (Å²) in [6.45, 7) is 0. The van der Waals surface area contributed by atoms with Crippen molar-refractivity contribution in [1.82, 2.24) is 0 Å². The highest BCUT2D eigenvalue weighted by atomic mass is 19.1. The zero-order chi connectivity index (χ0) is 9.97. The molecule has 0 aliphatic heterocycles. The van der Waals surface area contributed by atoms with Gasteiger partial charge in [0.05, 0.1) is 0 Å². The number of hydrogen-bond donors (Lipinski definition) is 1. The summed E-state index contributed by atoms with van der Waals surface area (Å²) in [6, 6.07) is 13.4. The number of benzene rings is 2. The van der Waals surface area contributed by atoms with Crippen LogP contribution in [0.4, 0.5) is 4.39 Å². The summed E-state index contributed by atoms with van der Waals surface area (Å²) in [5.41, 5.74) is 1.53. The molecule has 0 bridgehead atoms. The van der Waals surface area contributed by atoms with Gasteiger partial charge in [0.25, 0.3) is 0 Å². The van der Waals surface area contributed by atoms with Crippen molar-refractivity contribution in [2.45, 2.75) is 0 Å². The van der Waals surface area contributed by atoms with Crippen LogP contribution in [-0.2, 0) is 0 Å². The van der Waals surface area contributed by atoms with Crippen molar-refractivity contribution in [2.75, 3.05) is 0 Å². The van der Waals surface area contributed by atoms with Gasteiger partial charge < -0.3 is 5.11 Å². The monoisotopic (exact) mass is 188 g/mol. The van der Waals surface area contributed by atoms with E-state index in [2.05, 4.69) is 0 Å². The van der Waals surface area contributed by atoms with E-state index in [1.165, 1.54) is 6.07 Å². The molecule has 2 aromatic carbocycles. The molecule has 0 fully saturated rings. The molecule has 0 amide bonds. The van der Waals surface area contributed by atoms with Crippen LogP contribution >= 0.6 is 0 Å². The van der Waals surface area contributed by atoms with Crippen LogP contribution < -0.4 is 0 Å². The highest BCUT2D eigenvalue weighted by Crippen LogP contribution is 2.28. The predicted molar refractivity (Wildman–Crippen MR) is 53.5 cm³/mol. The number of halogens is 1. The largest absolute Gasteiger partial charge is 0.507 e. The van der Waals surface area contributed by atoms with Crippen molar-refractivity contribution in [1.29, 1.82) is 0 Å². The zero-order valence-corrected chi connectivity index (χ0v) is 7.44. The van der Waals surface area contributed by atoms with Gasteiger partial charge in [-0.05, 0) is 17.7 Å². The van der Waals surface area contributed by atoms with Crippen LogP contribution in [0.1, 0.15) is 0 Å². The van der Waals surface area contributed by atoms with E-state index in [0.717, 1.165) is 11.6 Å². The third-order valence-electron chi connectivity index (χ3n) is 2.04. The van der Waals surface area contributed by atoms with Gasteiger partial charge in [0, 0.05) is 11.6 Å². The molecule has 0 aliphatic carbocycles. The summed E-state index contributed by atoms with van der Waals surface area (Å²) in [5, 5.41) is 9.50. The first-order chi connectivity index (χ1) is 6.77. The van der Waals surface area contributed by atoms with E-state index >= 15 is 0 Å². The van der Waals surface area contributed by atoms with Gasteiger partial charge in [-0.2, -0.15) is 0 Å². The summed E-state index contributed by atoms with van der Waals surface area (Å²) >= 11 is 0. The maximum absolute atomic E-state index is 12.7. The van der Waals surface area contributed by atoms with Crippen molar-refractivity contribution in [3.8, 4) is 16.9 Å². The van der Waals surface area contributed by atoms with Gasteiger partial charge in [-0.1, -0.05) is 30.3 Å². The van der Waals surface area contributed by atoms with E-state index in [4.69, 9.17) is 0 Å². The molecule has 2 heteroatoms. The molecule has 0 heterocycles. The maximum atomic E-state index is 12.7. The molecule has 1 N–H and O–H groups in total. The lowest BCUT2D eigenvalue weighted by atomic mass is 10.1. The number of aromatic hydroxyl groups is 1. The Morgan fingerprint density at radius 2 is 1.64 bits per heavy atom. The molecule has 2 rings (SSSR count). The molecule has 0 aliphatic rings. The molecule has 1 nitrogen and oxygen atoms in total. The minimum absolute atomic E-state index is 0.0313. The van der Waals surface area contributed by atoms with Gasteiger partial charge in [-0.3, -0.25) is 0 Å². The van der Waals surface area contributed by atoms with Crippen molar-refractivity contribution in [3.63, 3.8) is 0 Å². The molecular formula is C12H9FO. The highest BCUT2D eigenvalue weighted by molar-refractivity contribution is 5.69. The molecule has 0 radical (unpaired) electrons. The molecular weight excluding hydrogens is 179 g/mol. The average Bonchev–Trinajstić information content (AvgIpc) is 2.19. The van der Waals surface area contributed by atoms with E-state index in [0.29, 0.717) is 5.56 Å². The second kappa shape index (κ2) is 3.50. The molecule has 2 aromatic rings. The summed E-state index contributed by atoms with van der Waals surface area (Å²) in [7, 11) is 0. The first-order valence-corrected chi connectivity index (χ1v) is 4.31. The SMILES string of the molecule is Oc1cc(F)ccc1-c1ccccc1. The van der Waals surface area contributed by atoms with Gasteiger partial charge in [-0.15, -0.1) is 0 Å². The fourth-order valence-corrected chi connectivity index (χ4v) is 1.37. The lowest BCUT2D eigenvalue weighted by Gasteiger charge is -2.03. The quantitative estimate of drug-likeness (QED) is 0.728. The van der Waals surface area contributed by atoms with E-state index in [1.54, 1.807) is 6.07 Å². The Hall–Kier alpha value is -1.83. The average molecular weight is 188 g/mol. The van der Waals surface area contributed by atoms with Crippen LogP contribution in [0.2, 0.25) is 0 Å². The van der Waals surface area contributed by atoms with Crippen molar-refractivity contribution in [2.24, 2.45) is 0 Å². The maximum Gasteiger partial charge on any atom is 0.126 e. The Morgan fingerprint density at radius 3 is 2.29 bits per heavy atom. The molecule has 0 aromatic heterocycles. The van der Waals surface area contributed by atoms with E-state index in [1.807, 2.05) is 30.3 Å². The second-order valence-corrected chi connectivity index (χ2v) is 3.03. The van der Waals surface area contributed by atoms with E-state index in [9.17, 15) is 9.50 Å². The smallest absolute Gasteiger partial charge is 0.126 e. The molecule has 0 saturated heterocycles. The summed E-state index contributed by atoms with van der Waals surface area (Å²) in [6.07, 6.45) is 0.